The van der Waals surface area contributed by atoms with Crippen LogP contribution in [0.15, 0.2) is 36.7 Å². The normalized spacial score (nSPS) is 22.2. The molecule has 5 rings (SSSR count). The van der Waals surface area contributed by atoms with E-state index >= 15 is 0 Å². The SMILES string of the molecule is CC(C)(O)[C@H](F)CNC(=O)c1cnc(-c2ccc3cc(C#N)cnn23)cc1NC1C2CNCC1C2. The van der Waals surface area contributed by atoms with Crippen LogP contribution in [0.5, 0.6) is 0 Å². The number of nitriles is 1. The number of carbonyl (C=O) groups excluding carboxylic acids is 1. The molecule has 4 heterocycles. The number of hydrogen-bond donors (Lipinski definition) is 4. The second-order valence-corrected chi connectivity index (χ2v) is 9.94. The van der Waals surface area contributed by atoms with Crippen molar-refractivity contribution in [3.05, 3.63) is 47.8 Å². The van der Waals surface area contributed by atoms with Crippen molar-refractivity contribution in [1.82, 2.24) is 25.2 Å². The van der Waals surface area contributed by atoms with Crippen molar-refractivity contribution in [2.75, 3.05) is 25.0 Å². The first-order chi connectivity index (χ1) is 16.7. The number of amides is 1. The molecule has 3 aromatic heterocycles. The predicted molar refractivity (Wildman–Crippen MR) is 129 cm³/mol. The molecule has 1 saturated carbocycles. The van der Waals surface area contributed by atoms with Gasteiger partial charge in [-0.2, -0.15) is 10.4 Å². The average molecular weight is 478 g/mol. The van der Waals surface area contributed by atoms with E-state index in [1.807, 2.05) is 18.2 Å². The molecule has 0 spiro atoms. The van der Waals surface area contributed by atoms with Crippen LogP contribution in [0.3, 0.4) is 0 Å². The standard InChI is InChI=1S/C25H28FN7O2/c1-25(2,35)22(26)13-30-24(34)18-12-29-20(7-19(18)32-23-15-6-16(23)11-28-10-15)21-4-3-17-5-14(8-27)9-31-33(17)21/h3-5,7,9,12,15-16,22-23,28,35H,6,10-11,13H2,1-2H3,(H,29,32)(H,30,34)/t15?,16?,22-,23?/m1/s1. The lowest BCUT2D eigenvalue weighted by Gasteiger charge is -2.50. The third-order valence-corrected chi connectivity index (χ3v) is 7.01. The molecule has 182 valence electrons. The minimum absolute atomic E-state index is 0.240. The maximum Gasteiger partial charge on any atom is 0.255 e. The maximum atomic E-state index is 14.2. The predicted octanol–water partition coefficient (Wildman–Crippen LogP) is 2.13. The zero-order chi connectivity index (χ0) is 24.7. The van der Waals surface area contributed by atoms with Gasteiger partial charge in [0.05, 0.1) is 52.1 Å². The van der Waals surface area contributed by atoms with E-state index in [0.29, 0.717) is 34.3 Å². The first-order valence-electron chi connectivity index (χ1n) is 11.7. The smallest absolute Gasteiger partial charge is 0.255 e. The summed E-state index contributed by atoms with van der Waals surface area (Å²) in [5.74, 6) is 0.497. The Morgan fingerprint density at radius 2 is 2.11 bits per heavy atom. The number of halogens is 1. The fraction of sp³-hybridized carbons (Fsp3) is 0.440. The fourth-order valence-corrected chi connectivity index (χ4v) is 4.84. The lowest BCUT2D eigenvalue weighted by molar-refractivity contribution is -0.00177. The molecule has 9 nitrogen and oxygen atoms in total. The summed E-state index contributed by atoms with van der Waals surface area (Å²) in [6.07, 6.45) is 2.52. The van der Waals surface area contributed by atoms with Crippen molar-refractivity contribution in [1.29, 1.82) is 5.26 Å². The summed E-state index contributed by atoms with van der Waals surface area (Å²) in [5.41, 5.74) is 1.95. The summed E-state index contributed by atoms with van der Waals surface area (Å²) >= 11 is 0. The third-order valence-electron chi connectivity index (χ3n) is 7.01. The minimum Gasteiger partial charge on any atom is -0.387 e. The van der Waals surface area contributed by atoms with Crippen molar-refractivity contribution in [3.8, 4) is 17.5 Å². The Kier molecular flexibility index (Phi) is 5.91. The molecule has 3 atom stereocenters. The zero-order valence-corrected chi connectivity index (χ0v) is 19.6. The van der Waals surface area contributed by atoms with Gasteiger partial charge in [0.2, 0.25) is 0 Å². The quantitative estimate of drug-likeness (QED) is 0.411. The fourth-order valence-electron chi connectivity index (χ4n) is 4.84. The average Bonchev–Trinajstić information content (AvgIpc) is 3.28. The first-order valence-corrected chi connectivity index (χ1v) is 11.7. The van der Waals surface area contributed by atoms with Crippen LogP contribution in [0.2, 0.25) is 0 Å². The van der Waals surface area contributed by atoms with Crippen molar-refractivity contribution in [3.63, 3.8) is 0 Å². The van der Waals surface area contributed by atoms with Crippen LogP contribution in [-0.4, -0.2) is 63.1 Å². The lowest BCUT2D eigenvalue weighted by atomic mass is 9.67. The maximum absolute atomic E-state index is 14.2. The van der Waals surface area contributed by atoms with Crippen molar-refractivity contribution in [2.45, 2.75) is 38.1 Å². The van der Waals surface area contributed by atoms with Gasteiger partial charge in [0.25, 0.3) is 5.91 Å². The number of rotatable bonds is 7. The van der Waals surface area contributed by atoms with Crippen LogP contribution in [0, 0.1) is 23.2 Å². The van der Waals surface area contributed by atoms with E-state index in [1.54, 1.807) is 10.6 Å². The summed E-state index contributed by atoms with van der Waals surface area (Å²) in [6, 6.07) is 9.62. The van der Waals surface area contributed by atoms with Crippen LogP contribution >= 0.6 is 0 Å². The van der Waals surface area contributed by atoms with E-state index < -0.39 is 17.7 Å². The molecule has 2 fully saturated rings. The Morgan fingerprint density at radius 3 is 2.80 bits per heavy atom. The second-order valence-electron chi connectivity index (χ2n) is 9.94. The van der Waals surface area contributed by atoms with Crippen molar-refractivity contribution < 1.29 is 14.3 Å². The zero-order valence-electron chi connectivity index (χ0n) is 19.6. The molecule has 4 N–H and O–H groups in total. The topological polar surface area (TPSA) is 127 Å². The van der Waals surface area contributed by atoms with Crippen LogP contribution in [-0.2, 0) is 0 Å². The molecule has 1 aliphatic carbocycles. The molecular weight excluding hydrogens is 449 g/mol. The van der Waals surface area contributed by atoms with Gasteiger partial charge in [-0.05, 0) is 69.5 Å². The van der Waals surface area contributed by atoms with Gasteiger partial charge in [0.1, 0.15) is 12.2 Å². The molecule has 2 bridgehead atoms. The van der Waals surface area contributed by atoms with Gasteiger partial charge in [-0.1, -0.05) is 0 Å². The van der Waals surface area contributed by atoms with Crippen LogP contribution in [0.1, 0.15) is 36.2 Å². The van der Waals surface area contributed by atoms with Crippen molar-refractivity contribution >= 4 is 17.1 Å². The van der Waals surface area contributed by atoms with Crippen LogP contribution < -0.4 is 16.0 Å². The summed E-state index contributed by atoms with van der Waals surface area (Å²) in [6.45, 7) is 4.28. The van der Waals surface area contributed by atoms with Gasteiger partial charge in [-0.15, -0.1) is 0 Å². The highest BCUT2D eigenvalue weighted by Crippen LogP contribution is 2.39. The van der Waals surface area contributed by atoms with Gasteiger partial charge < -0.3 is 21.1 Å². The Balaban J connectivity index is 1.46. The molecule has 1 aliphatic heterocycles. The number of nitrogens with one attached hydrogen (secondary N) is 3. The number of alkyl halides is 1. The number of nitrogens with zero attached hydrogens (tertiary/aromatic N) is 4. The number of carbonyl (C=O) groups is 1. The van der Waals surface area contributed by atoms with E-state index in [-0.39, 0.29) is 12.6 Å². The van der Waals surface area contributed by atoms with Gasteiger partial charge >= 0.3 is 0 Å². The molecular formula is C25H28FN7O2. The number of anilines is 1. The number of piperidine rings is 2. The monoisotopic (exact) mass is 477 g/mol. The lowest BCUT2D eigenvalue weighted by Crippen LogP contribution is -2.60. The highest BCUT2D eigenvalue weighted by molar-refractivity contribution is 6.00. The van der Waals surface area contributed by atoms with E-state index in [9.17, 15) is 14.3 Å². The largest absolute Gasteiger partial charge is 0.387 e. The molecule has 1 saturated heterocycles. The minimum atomic E-state index is -1.61. The Bertz CT molecular complexity index is 1300. The van der Waals surface area contributed by atoms with E-state index in [0.717, 1.165) is 30.7 Å². The molecule has 0 radical (unpaired) electrons. The number of hydrogen-bond acceptors (Lipinski definition) is 7. The van der Waals surface area contributed by atoms with Gasteiger partial charge in [-0.25, -0.2) is 8.91 Å². The molecule has 3 aromatic rings. The number of fused-ring (bicyclic) bond motifs is 3. The summed E-state index contributed by atoms with van der Waals surface area (Å²) in [7, 11) is 0. The van der Waals surface area contributed by atoms with E-state index in [2.05, 4.69) is 32.1 Å². The third kappa shape index (κ3) is 4.45. The van der Waals surface area contributed by atoms with Crippen molar-refractivity contribution in [2.24, 2.45) is 11.8 Å². The highest BCUT2D eigenvalue weighted by Gasteiger charge is 2.44. The first kappa shape index (κ1) is 23.2. The summed E-state index contributed by atoms with van der Waals surface area (Å²) in [4.78, 5) is 17.5. The van der Waals surface area contributed by atoms with Crippen LogP contribution in [0.4, 0.5) is 10.1 Å². The highest BCUT2D eigenvalue weighted by atomic mass is 19.1. The van der Waals surface area contributed by atoms with Crippen LogP contribution in [0.25, 0.3) is 16.9 Å². The molecule has 1 amide bonds. The Morgan fingerprint density at radius 1 is 1.34 bits per heavy atom. The Hall–Kier alpha value is -3.55. The van der Waals surface area contributed by atoms with Gasteiger partial charge in [0, 0.05) is 12.2 Å². The number of aromatic nitrogens is 3. The van der Waals surface area contributed by atoms with E-state index in [1.165, 1.54) is 26.2 Å². The molecule has 2 unspecified atom stereocenters. The number of aliphatic hydroxyl groups is 1. The van der Waals surface area contributed by atoms with Gasteiger partial charge in [-0.3, -0.25) is 9.78 Å². The molecule has 10 heteroatoms. The summed E-state index contributed by atoms with van der Waals surface area (Å²) < 4.78 is 15.9. The van der Waals surface area contributed by atoms with E-state index in [4.69, 9.17) is 5.26 Å². The number of pyridine rings is 1. The second kappa shape index (κ2) is 8.91. The Labute approximate surface area is 202 Å². The van der Waals surface area contributed by atoms with Gasteiger partial charge in [0.15, 0.2) is 0 Å². The summed E-state index contributed by atoms with van der Waals surface area (Å²) in [5, 5.41) is 32.9. The molecule has 2 aliphatic rings. The molecule has 0 aromatic carbocycles. The molecule has 35 heavy (non-hydrogen) atoms.